The molecule has 0 spiro atoms. The first-order chi connectivity index (χ1) is 12.7. The minimum absolute atomic E-state index is 0.0383. The standard InChI is InChI=1S/C20H30N6/c1-25-14-15(13-23-25)19-11-18(12-20(21)24-19)26-9-5-3-7-17(26)10-16-6-2-4-8-22-16/h2,4,6,8,13-14,17-20,24H,3,5,7,9-12,21H2,1H3. The van der Waals surface area contributed by atoms with Gasteiger partial charge in [0.15, 0.2) is 0 Å². The monoisotopic (exact) mass is 354 g/mol. The third-order valence-corrected chi connectivity index (χ3v) is 5.89. The van der Waals surface area contributed by atoms with Gasteiger partial charge in [0.25, 0.3) is 0 Å². The van der Waals surface area contributed by atoms with Crippen molar-refractivity contribution in [3.63, 3.8) is 0 Å². The Labute approximate surface area is 155 Å². The zero-order chi connectivity index (χ0) is 17.9. The molecule has 4 heterocycles. The Bertz CT molecular complexity index is 699. The lowest BCUT2D eigenvalue weighted by Crippen LogP contribution is -2.56. The van der Waals surface area contributed by atoms with E-state index in [-0.39, 0.29) is 12.2 Å². The van der Waals surface area contributed by atoms with E-state index in [2.05, 4.69) is 38.6 Å². The number of rotatable bonds is 4. The molecule has 4 unspecified atom stereocenters. The zero-order valence-electron chi connectivity index (χ0n) is 15.6. The first-order valence-corrected chi connectivity index (χ1v) is 9.85. The Hall–Kier alpha value is -1.76. The van der Waals surface area contributed by atoms with Gasteiger partial charge in [0.1, 0.15) is 0 Å². The molecule has 26 heavy (non-hydrogen) atoms. The molecule has 0 aromatic carbocycles. The van der Waals surface area contributed by atoms with Gasteiger partial charge in [0.05, 0.1) is 12.4 Å². The molecule has 4 atom stereocenters. The summed E-state index contributed by atoms with van der Waals surface area (Å²) in [6.07, 6.45) is 13.0. The van der Waals surface area contributed by atoms with Gasteiger partial charge in [-0.25, -0.2) is 0 Å². The molecule has 2 aliphatic heterocycles. The fourth-order valence-electron chi connectivity index (χ4n) is 4.66. The van der Waals surface area contributed by atoms with Gasteiger partial charge in [-0.15, -0.1) is 0 Å². The van der Waals surface area contributed by atoms with E-state index in [1.807, 2.05) is 30.2 Å². The van der Waals surface area contributed by atoms with E-state index in [9.17, 15) is 0 Å². The van der Waals surface area contributed by atoms with Gasteiger partial charge >= 0.3 is 0 Å². The molecule has 140 valence electrons. The maximum Gasteiger partial charge on any atom is 0.0566 e. The lowest BCUT2D eigenvalue weighted by atomic mass is 9.88. The van der Waals surface area contributed by atoms with Crippen LogP contribution in [0.5, 0.6) is 0 Å². The molecule has 2 aromatic heterocycles. The number of aromatic nitrogens is 3. The van der Waals surface area contributed by atoms with E-state index in [1.165, 1.54) is 37.1 Å². The van der Waals surface area contributed by atoms with Crippen LogP contribution in [0.3, 0.4) is 0 Å². The van der Waals surface area contributed by atoms with Crippen molar-refractivity contribution in [1.29, 1.82) is 0 Å². The number of piperidine rings is 2. The third kappa shape index (κ3) is 3.98. The van der Waals surface area contributed by atoms with Crippen molar-refractivity contribution in [2.75, 3.05) is 6.54 Å². The number of pyridine rings is 1. The zero-order valence-corrected chi connectivity index (χ0v) is 15.6. The normalized spacial score (nSPS) is 30.4. The van der Waals surface area contributed by atoms with Crippen LogP contribution >= 0.6 is 0 Å². The van der Waals surface area contributed by atoms with Crippen molar-refractivity contribution in [1.82, 2.24) is 25.0 Å². The average molecular weight is 355 g/mol. The van der Waals surface area contributed by atoms with Crippen LogP contribution in [-0.2, 0) is 13.5 Å². The molecule has 0 bridgehead atoms. The molecule has 3 N–H and O–H groups in total. The maximum absolute atomic E-state index is 6.39. The smallest absolute Gasteiger partial charge is 0.0566 e. The Kier molecular flexibility index (Phi) is 5.33. The van der Waals surface area contributed by atoms with E-state index >= 15 is 0 Å². The van der Waals surface area contributed by atoms with Crippen molar-refractivity contribution in [2.24, 2.45) is 12.8 Å². The fraction of sp³-hybridized carbons (Fsp3) is 0.600. The van der Waals surface area contributed by atoms with Crippen LogP contribution in [0.1, 0.15) is 49.4 Å². The highest BCUT2D eigenvalue weighted by Crippen LogP contribution is 2.32. The predicted molar refractivity (Wildman–Crippen MR) is 102 cm³/mol. The quantitative estimate of drug-likeness (QED) is 0.879. The van der Waals surface area contributed by atoms with Crippen LogP contribution < -0.4 is 11.1 Å². The molecule has 2 aliphatic rings. The van der Waals surface area contributed by atoms with Gasteiger partial charge in [-0.3, -0.25) is 19.9 Å². The summed E-state index contributed by atoms with van der Waals surface area (Å²) in [4.78, 5) is 7.28. The van der Waals surface area contributed by atoms with Crippen molar-refractivity contribution in [3.8, 4) is 0 Å². The Balaban J connectivity index is 1.49. The van der Waals surface area contributed by atoms with Gasteiger partial charge in [-0.05, 0) is 44.4 Å². The molecule has 4 rings (SSSR count). The van der Waals surface area contributed by atoms with Crippen LogP contribution in [0.15, 0.2) is 36.8 Å². The second-order valence-corrected chi connectivity index (χ2v) is 7.81. The van der Waals surface area contributed by atoms with E-state index in [4.69, 9.17) is 5.73 Å². The van der Waals surface area contributed by atoms with Gasteiger partial charge in [-0.2, -0.15) is 5.10 Å². The molecule has 6 heteroatoms. The van der Waals surface area contributed by atoms with E-state index in [1.54, 1.807) is 0 Å². The summed E-state index contributed by atoms with van der Waals surface area (Å²) in [5.74, 6) is 0. The van der Waals surface area contributed by atoms with Crippen LogP contribution in [-0.4, -0.2) is 44.5 Å². The number of nitrogens with zero attached hydrogens (tertiary/aromatic N) is 4. The first kappa shape index (κ1) is 17.6. The minimum atomic E-state index is 0.0383. The Morgan fingerprint density at radius 3 is 2.96 bits per heavy atom. The summed E-state index contributed by atoms with van der Waals surface area (Å²) in [6, 6.07) is 7.61. The number of nitrogens with two attached hydrogens (primary N) is 1. The van der Waals surface area contributed by atoms with Gasteiger partial charge in [0.2, 0.25) is 0 Å². The lowest BCUT2D eigenvalue weighted by molar-refractivity contribution is 0.0547. The lowest BCUT2D eigenvalue weighted by Gasteiger charge is -2.46. The van der Waals surface area contributed by atoms with Crippen LogP contribution in [0, 0.1) is 0 Å². The molecule has 6 nitrogen and oxygen atoms in total. The largest absolute Gasteiger partial charge is 0.316 e. The molecule has 0 saturated carbocycles. The van der Waals surface area contributed by atoms with E-state index in [0.717, 1.165) is 19.3 Å². The predicted octanol–water partition coefficient (Wildman–Crippen LogP) is 1.99. The Morgan fingerprint density at radius 2 is 2.19 bits per heavy atom. The molecule has 0 amide bonds. The third-order valence-electron chi connectivity index (χ3n) is 5.89. The number of likely N-dealkylation sites (tertiary alicyclic amines) is 1. The SMILES string of the molecule is Cn1cc(C2CC(N3CCCCC3Cc3ccccn3)CC(N)N2)cn1. The summed E-state index contributed by atoms with van der Waals surface area (Å²) in [6.45, 7) is 1.18. The molecule has 2 aromatic rings. The van der Waals surface area contributed by atoms with E-state index < -0.39 is 0 Å². The van der Waals surface area contributed by atoms with E-state index in [0.29, 0.717) is 12.1 Å². The summed E-state index contributed by atoms with van der Waals surface area (Å²) in [5.41, 5.74) is 8.83. The van der Waals surface area contributed by atoms with Crippen LogP contribution in [0.25, 0.3) is 0 Å². The van der Waals surface area contributed by atoms with Crippen molar-refractivity contribution >= 4 is 0 Å². The highest BCUT2D eigenvalue weighted by atomic mass is 15.3. The molecular weight excluding hydrogens is 324 g/mol. The van der Waals surface area contributed by atoms with Gasteiger partial charge < -0.3 is 5.73 Å². The first-order valence-electron chi connectivity index (χ1n) is 9.85. The highest BCUT2D eigenvalue weighted by Gasteiger charge is 2.35. The number of aryl methyl sites for hydroxylation is 1. The summed E-state index contributed by atoms with van der Waals surface area (Å²) in [5, 5.41) is 7.90. The molecule has 0 aliphatic carbocycles. The van der Waals surface area contributed by atoms with Crippen molar-refractivity contribution in [2.45, 2.75) is 62.8 Å². The van der Waals surface area contributed by atoms with Gasteiger partial charge in [-0.1, -0.05) is 12.5 Å². The molecule has 2 fully saturated rings. The molecule has 2 saturated heterocycles. The van der Waals surface area contributed by atoms with Crippen molar-refractivity contribution < 1.29 is 0 Å². The average Bonchev–Trinajstić information content (AvgIpc) is 3.09. The minimum Gasteiger partial charge on any atom is -0.316 e. The second-order valence-electron chi connectivity index (χ2n) is 7.81. The number of hydrogen-bond acceptors (Lipinski definition) is 5. The summed E-state index contributed by atoms with van der Waals surface area (Å²) < 4.78 is 1.87. The maximum atomic E-state index is 6.39. The molecular formula is C20H30N6. The topological polar surface area (TPSA) is 72.0 Å². The van der Waals surface area contributed by atoms with Crippen LogP contribution in [0.2, 0.25) is 0 Å². The highest BCUT2D eigenvalue weighted by molar-refractivity contribution is 5.13. The molecule has 0 radical (unpaired) electrons. The Morgan fingerprint density at radius 1 is 1.27 bits per heavy atom. The van der Waals surface area contributed by atoms with Crippen molar-refractivity contribution in [3.05, 3.63) is 48.0 Å². The summed E-state index contributed by atoms with van der Waals surface area (Å²) >= 11 is 0. The van der Waals surface area contributed by atoms with Gasteiger partial charge in [0, 0.05) is 55.2 Å². The van der Waals surface area contributed by atoms with Crippen LogP contribution in [0.4, 0.5) is 0 Å². The second kappa shape index (κ2) is 7.86. The fourth-order valence-corrected chi connectivity index (χ4v) is 4.66. The number of nitrogens with one attached hydrogen (secondary N) is 1. The summed E-state index contributed by atoms with van der Waals surface area (Å²) in [7, 11) is 1.97. The number of hydrogen-bond donors (Lipinski definition) is 2.